The lowest BCUT2D eigenvalue weighted by Gasteiger charge is -2.39. The van der Waals surface area contributed by atoms with Crippen LogP contribution >= 0.6 is 0 Å². The highest BCUT2D eigenvalue weighted by Gasteiger charge is 2.40. The van der Waals surface area contributed by atoms with E-state index in [9.17, 15) is 0 Å². The third kappa shape index (κ3) is 1.38. The van der Waals surface area contributed by atoms with E-state index in [-0.39, 0.29) is 0 Å². The molecule has 3 aliphatic carbocycles. The lowest BCUT2D eigenvalue weighted by atomic mass is 9.65. The molecule has 0 heterocycles. The Hall–Kier alpha value is -1.04. The number of fused-ring (bicyclic) bond motifs is 5. The largest absolute Gasteiger partial charge is 0.0873 e. The first-order valence-corrected chi connectivity index (χ1v) is 7.59. The summed E-state index contributed by atoms with van der Waals surface area (Å²) in [5, 5.41) is 0. The van der Waals surface area contributed by atoms with Gasteiger partial charge in [-0.15, -0.1) is 0 Å². The van der Waals surface area contributed by atoms with E-state index in [1.54, 1.807) is 22.3 Å². The first-order valence-electron chi connectivity index (χ1n) is 7.59. The molecule has 0 N–H and O–H groups in total. The fraction of sp³-hybridized carbons (Fsp3) is 0.556. The molecule has 4 rings (SSSR count). The van der Waals surface area contributed by atoms with Crippen LogP contribution in [0.15, 0.2) is 24.3 Å². The summed E-state index contributed by atoms with van der Waals surface area (Å²) in [6, 6.07) is 4.91. The van der Waals surface area contributed by atoms with Gasteiger partial charge in [0.2, 0.25) is 0 Å². The van der Waals surface area contributed by atoms with Crippen LogP contribution in [0, 0.1) is 5.41 Å². The fourth-order valence-corrected chi connectivity index (χ4v) is 4.54. The molecule has 0 amide bonds. The van der Waals surface area contributed by atoms with Gasteiger partial charge < -0.3 is 0 Å². The zero-order valence-electron chi connectivity index (χ0n) is 11.3. The molecule has 0 nitrogen and oxygen atoms in total. The molecular formula is C18H22. The second-order valence-electron chi connectivity index (χ2n) is 6.67. The van der Waals surface area contributed by atoms with Gasteiger partial charge in [-0.25, -0.2) is 0 Å². The Morgan fingerprint density at radius 3 is 2.89 bits per heavy atom. The van der Waals surface area contributed by atoms with E-state index in [4.69, 9.17) is 0 Å². The van der Waals surface area contributed by atoms with Gasteiger partial charge in [-0.1, -0.05) is 31.2 Å². The molecule has 0 bridgehead atoms. The zero-order chi connectivity index (χ0) is 12.2. The number of hydrogen-bond donors (Lipinski definition) is 0. The Balaban J connectivity index is 1.86. The van der Waals surface area contributed by atoms with Crippen molar-refractivity contribution >= 4 is 0 Å². The standard InChI is InChI=1S/C18H22/c1-18-11-4-7-17(18)16-9-8-13-5-2-3-6-14(13)15(16)10-12-18/h4,8-9,11,17H,2-3,5-7,10,12H2,1H3/t17-,18-/m0/s1. The number of rotatable bonds is 0. The van der Waals surface area contributed by atoms with Crippen LogP contribution in [0.2, 0.25) is 0 Å². The third-order valence-corrected chi connectivity index (χ3v) is 5.64. The average molecular weight is 238 g/mol. The highest BCUT2D eigenvalue weighted by Crippen LogP contribution is 2.53. The highest BCUT2D eigenvalue weighted by atomic mass is 14.4. The zero-order valence-corrected chi connectivity index (χ0v) is 11.3. The molecule has 94 valence electrons. The molecule has 0 heteroatoms. The van der Waals surface area contributed by atoms with Crippen molar-refractivity contribution in [3.63, 3.8) is 0 Å². The van der Waals surface area contributed by atoms with Gasteiger partial charge in [-0.2, -0.15) is 0 Å². The quantitative estimate of drug-likeness (QED) is 0.581. The maximum Gasteiger partial charge on any atom is -0.00359 e. The number of aryl methyl sites for hydroxylation is 1. The van der Waals surface area contributed by atoms with Crippen molar-refractivity contribution < 1.29 is 0 Å². The molecule has 0 spiro atoms. The average Bonchev–Trinajstić information content (AvgIpc) is 2.80. The molecule has 3 aliphatic rings. The minimum Gasteiger partial charge on any atom is -0.0873 e. The molecule has 2 atom stereocenters. The van der Waals surface area contributed by atoms with E-state index in [1.165, 1.54) is 44.9 Å². The molecule has 0 aliphatic heterocycles. The number of allylic oxidation sites excluding steroid dienone is 2. The van der Waals surface area contributed by atoms with E-state index >= 15 is 0 Å². The Labute approximate surface area is 110 Å². The summed E-state index contributed by atoms with van der Waals surface area (Å²) in [5.74, 6) is 0.772. The van der Waals surface area contributed by atoms with Gasteiger partial charge in [-0.05, 0) is 78.5 Å². The van der Waals surface area contributed by atoms with Gasteiger partial charge in [0.15, 0.2) is 0 Å². The summed E-state index contributed by atoms with van der Waals surface area (Å²) >= 11 is 0. The van der Waals surface area contributed by atoms with Crippen LogP contribution in [0.1, 0.15) is 60.8 Å². The topological polar surface area (TPSA) is 0 Å². The summed E-state index contributed by atoms with van der Waals surface area (Å²) in [7, 11) is 0. The van der Waals surface area contributed by atoms with Gasteiger partial charge in [0.05, 0.1) is 0 Å². The van der Waals surface area contributed by atoms with Crippen molar-refractivity contribution in [1.29, 1.82) is 0 Å². The molecule has 18 heavy (non-hydrogen) atoms. The SMILES string of the molecule is C[C@@]12C=CC[C@H]1c1ccc3c(c1CC2)CCCC3. The molecule has 0 saturated heterocycles. The van der Waals surface area contributed by atoms with Crippen molar-refractivity contribution in [2.75, 3.05) is 0 Å². The Morgan fingerprint density at radius 2 is 1.94 bits per heavy atom. The van der Waals surface area contributed by atoms with Gasteiger partial charge in [0, 0.05) is 0 Å². The number of hydrogen-bond acceptors (Lipinski definition) is 0. The lowest BCUT2D eigenvalue weighted by molar-refractivity contribution is 0.310. The van der Waals surface area contributed by atoms with E-state index in [0.29, 0.717) is 5.41 Å². The van der Waals surface area contributed by atoms with E-state index < -0.39 is 0 Å². The van der Waals surface area contributed by atoms with Gasteiger partial charge >= 0.3 is 0 Å². The van der Waals surface area contributed by atoms with Crippen molar-refractivity contribution in [3.8, 4) is 0 Å². The first-order chi connectivity index (χ1) is 8.78. The molecule has 0 fully saturated rings. The summed E-state index contributed by atoms with van der Waals surface area (Å²) in [5.41, 5.74) is 7.30. The van der Waals surface area contributed by atoms with E-state index in [2.05, 4.69) is 31.2 Å². The van der Waals surface area contributed by atoms with Gasteiger partial charge in [0.25, 0.3) is 0 Å². The highest BCUT2D eigenvalue weighted by molar-refractivity contribution is 5.48. The lowest BCUT2D eigenvalue weighted by Crippen LogP contribution is -2.28. The predicted octanol–water partition coefficient (Wildman–Crippen LogP) is 4.56. The summed E-state index contributed by atoms with van der Waals surface area (Å²) in [6.07, 6.45) is 14.3. The van der Waals surface area contributed by atoms with Gasteiger partial charge in [0.1, 0.15) is 0 Å². The van der Waals surface area contributed by atoms with E-state index in [0.717, 1.165) is 5.92 Å². The van der Waals surface area contributed by atoms with E-state index in [1.807, 2.05) is 0 Å². The smallest absolute Gasteiger partial charge is 0.00359 e. The molecule has 1 aromatic carbocycles. The van der Waals surface area contributed by atoms with Crippen molar-refractivity contribution in [3.05, 3.63) is 46.5 Å². The minimum absolute atomic E-state index is 0.454. The van der Waals surface area contributed by atoms with Crippen LogP contribution in [-0.2, 0) is 19.3 Å². The fourth-order valence-electron chi connectivity index (χ4n) is 4.54. The Bertz CT molecular complexity index is 523. The number of benzene rings is 1. The Morgan fingerprint density at radius 1 is 1.06 bits per heavy atom. The van der Waals surface area contributed by atoms with Crippen LogP contribution in [0.25, 0.3) is 0 Å². The van der Waals surface area contributed by atoms with Crippen molar-refractivity contribution in [2.45, 2.75) is 57.8 Å². The van der Waals surface area contributed by atoms with Gasteiger partial charge in [-0.3, -0.25) is 0 Å². The van der Waals surface area contributed by atoms with Crippen LogP contribution in [0.3, 0.4) is 0 Å². The summed E-state index contributed by atoms with van der Waals surface area (Å²) < 4.78 is 0. The monoisotopic (exact) mass is 238 g/mol. The molecule has 0 unspecified atom stereocenters. The van der Waals surface area contributed by atoms with Crippen LogP contribution in [-0.4, -0.2) is 0 Å². The van der Waals surface area contributed by atoms with Crippen LogP contribution in [0.4, 0.5) is 0 Å². The van der Waals surface area contributed by atoms with Crippen molar-refractivity contribution in [1.82, 2.24) is 0 Å². The van der Waals surface area contributed by atoms with Crippen LogP contribution < -0.4 is 0 Å². The predicted molar refractivity (Wildman–Crippen MR) is 76.0 cm³/mol. The molecule has 0 aromatic heterocycles. The van der Waals surface area contributed by atoms with Crippen molar-refractivity contribution in [2.24, 2.45) is 5.41 Å². The molecule has 0 radical (unpaired) electrons. The summed E-state index contributed by atoms with van der Waals surface area (Å²) in [4.78, 5) is 0. The maximum absolute atomic E-state index is 2.49. The maximum atomic E-state index is 2.49. The molecule has 0 saturated carbocycles. The van der Waals surface area contributed by atoms with Crippen LogP contribution in [0.5, 0.6) is 0 Å². The summed E-state index contributed by atoms with van der Waals surface area (Å²) in [6.45, 7) is 2.46. The molecule has 1 aromatic rings. The second kappa shape index (κ2) is 3.73. The first kappa shape index (κ1) is 10.8. The second-order valence-corrected chi connectivity index (χ2v) is 6.67. The minimum atomic E-state index is 0.454. The third-order valence-electron chi connectivity index (χ3n) is 5.64. The molecular weight excluding hydrogens is 216 g/mol. The normalized spacial score (nSPS) is 32.8. The Kier molecular flexibility index (Phi) is 2.24.